The van der Waals surface area contributed by atoms with Crippen molar-refractivity contribution in [3.8, 4) is 0 Å². The molecule has 1 fully saturated rings. The number of benzene rings is 2. The lowest BCUT2D eigenvalue weighted by Gasteiger charge is -2.35. The first-order valence-electron chi connectivity index (χ1n) is 11.2. The van der Waals surface area contributed by atoms with Gasteiger partial charge in [-0.25, -0.2) is 0 Å². The van der Waals surface area contributed by atoms with Gasteiger partial charge in [-0.15, -0.1) is 0 Å². The van der Waals surface area contributed by atoms with Crippen LogP contribution in [-0.2, 0) is 25.2 Å². The summed E-state index contributed by atoms with van der Waals surface area (Å²) in [7, 11) is 0. The highest BCUT2D eigenvalue weighted by Gasteiger charge is 2.42. The Morgan fingerprint density at radius 1 is 1.00 bits per heavy atom. The molecular weight excluding hydrogens is 418 g/mol. The minimum absolute atomic E-state index is 0.000570. The fourth-order valence-corrected chi connectivity index (χ4v) is 4.03. The number of piperidine rings is 1. The Kier molecular flexibility index (Phi) is 7.01. The highest BCUT2D eigenvalue weighted by atomic mass is 16.2. The van der Waals surface area contributed by atoms with Gasteiger partial charge >= 0.3 is 0 Å². The zero-order chi connectivity index (χ0) is 24.2. The van der Waals surface area contributed by atoms with Crippen LogP contribution < -0.4 is 16.0 Å². The number of imide groups is 1. The predicted octanol–water partition coefficient (Wildman–Crippen LogP) is 3.44. The van der Waals surface area contributed by atoms with Crippen molar-refractivity contribution in [2.75, 3.05) is 11.9 Å². The van der Waals surface area contributed by atoms with E-state index in [-0.39, 0.29) is 35.6 Å². The van der Waals surface area contributed by atoms with Gasteiger partial charge in [0.1, 0.15) is 0 Å². The van der Waals surface area contributed by atoms with Gasteiger partial charge in [0, 0.05) is 17.7 Å². The molecule has 1 aliphatic rings. The van der Waals surface area contributed by atoms with Crippen LogP contribution in [0.1, 0.15) is 68.4 Å². The maximum absolute atomic E-state index is 12.5. The smallest absolute Gasteiger partial charge is 0.251 e. The van der Waals surface area contributed by atoms with Crippen molar-refractivity contribution < 1.29 is 19.2 Å². The SMILES string of the molecule is CCC1(c2ccc(NC(=O)CNC(=O)c3ccc(C(C)(C)C)cc3)cc2)CCC(=O)NC1=O. The number of nitrogens with one attached hydrogen (secondary N) is 3. The Bertz CT molecular complexity index is 1050. The van der Waals surface area contributed by atoms with Crippen LogP contribution in [0.2, 0.25) is 0 Å². The summed E-state index contributed by atoms with van der Waals surface area (Å²) in [4.78, 5) is 48.7. The molecule has 2 aromatic rings. The molecule has 0 bridgehead atoms. The van der Waals surface area contributed by atoms with E-state index in [0.717, 1.165) is 11.1 Å². The van der Waals surface area contributed by atoms with Crippen molar-refractivity contribution in [1.29, 1.82) is 0 Å². The maximum Gasteiger partial charge on any atom is 0.251 e. The van der Waals surface area contributed by atoms with Crippen LogP contribution in [-0.4, -0.2) is 30.2 Å². The van der Waals surface area contributed by atoms with Crippen LogP contribution in [0, 0.1) is 0 Å². The lowest BCUT2D eigenvalue weighted by atomic mass is 9.72. The summed E-state index contributed by atoms with van der Waals surface area (Å²) in [5.74, 6) is -1.20. The van der Waals surface area contributed by atoms with Crippen molar-refractivity contribution in [3.63, 3.8) is 0 Å². The molecule has 0 radical (unpaired) electrons. The van der Waals surface area contributed by atoms with Crippen LogP contribution in [0.3, 0.4) is 0 Å². The van der Waals surface area contributed by atoms with E-state index in [4.69, 9.17) is 0 Å². The number of hydrogen-bond acceptors (Lipinski definition) is 4. The second kappa shape index (κ2) is 9.57. The van der Waals surface area contributed by atoms with Gasteiger partial charge in [0.2, 0.25) is 17.7 Å². The molecule has 1 atom stereocenters. The summed E-state index contributed by atoms with van der Waals surface area (Å²) >= 11 is 0. The van der Waals surface area contributed by atoms with E-state index in [1.165, 1.54) is 0 Å². The van der Waals surface area contributed by atoms with E-state index >= 15 is 0 Å². The fraction of sp³-hybridized carbons (Fsp3) is 0.385. The highest BCUT2D eigenvalue weighted by Crippen LogP contribution is 2.36. The van der Waals surface area contributed by atoms with Gasteiger partial charge in [-0.3, -0.25) is 24.5 Å². The predicted molar refractivity (Wildman–Crippen MR) is 127 cm³/mol. The quantitative estimate of drug-likeness (QED) is 0.588. The topological polar surface area (TPSA) is 104 Å². The van der Waals surface area contributed by atoms with Crippen LogP contribution in [0.15, 0.2) is 48.5 Å². The van der Waals surface area contributed by atoms with E-state index in [9.17, 15) is 19.2 Å². The van der Waals surface area contributed by atoms with E-state index < -0.39 is 5.41 Å². The number of hydrogen-bond donors (Lipinski definition) is 3. The highest BCUT2D eigenvalue weighted by molar-refractivity contribution is 6.03. The molecule has 1 unspecified atom stereocenters. The number of anilines is 1. The third kappa shape index (κ3) is 5.48. The monoisotopic (exact) mass is 449 g/mol. The lowest BCUT2D eigenvalue weighted by Crippen LogP contribution is -2.51. The summed E-state index contributed by atoms with van der Waals surface area (Å²) in [6, 6.07) is 14.4. The molecule has 2 aromatic carbocycles. The van der Waals surface area contributed by atoms with Crippen molar-refractivity contribution in [3.05, 3.63) is 65.2 Å². The molecule has 174 valence electrons. The van der Waals surface area contributed by atoms with Crippen LogP contribution in [0.4, 0.5) is 5.69 Å². The summed E-state index contributed by atoms with van der Waals surface area (Å²) in [6.45, 7) is 8.07. The van der Waals surface area contributed by atoms with Crippen molar-refractivity contribution in [2.24, 2.45) is 0 Å². The average molecular weight is 450 g/mol. The third-order valence-electron chi connectivity index (χ3n) is 6.21. The maximum atomic E-state index is 12.5. The van der Waals surface area contributed by atoms with Crippen molar-refractivity contribution in [1.82, 2.24) is 10.6 Å². The van der Waals surface area contributed by atoms with E-state index in [1.54, 1.807) is 36.4 Å². The number of carbonyl (C=O) groups is 4. The Morgan fingerprint density at radius 2 is 1.64 bits per heavy atom. The molecule has 0 spiro atoms. The minimum Gasteiger partial charge on any atom is -0.343 e. The zero-order valence-electron chi connectivity index (χ0n) is 19.6. The number of rotatable bonds is 6. The average Bonchev–Trinajstić information content (AvgIpc) is 2.78. The number of carbonyl (C=O) groups excluding carboxylic acids is 4. The molecule has 7 heteroatoms. The van der Waals surface area contributed by atoms with Gasteiger partial charge in [0.25, 0.3) is 5.91 Å². The first-order chi connectivity index (χ1) is 15.5. The van der Waals surface area contributed by atoms with E-state index in [2.05, 4.69) is 36.7 Å². The van der Waals surface area contributed by atoms with Gasteiger partial charge in [0.15, 0.2) is 0 Å². The fourth-order valence-electron chi connectivity index (χ4n) is 4.03. The molecule has 3 rings (SSSR count). The van der Waals surface area contributed by atoms with Crippen LogP contribution in [0.25, 0.3) is 0 Å². The normalized spacial score (nSPS) is 18.4. The summed E-state index contributed by atoms with van der Waals surface area (Å²) in [5.41, 5.74) is 2.24. The van der Waals surface area contributed by atoms with Gasteiger partial charge in [-0.2, -0.15) is 0 Å². The van der Waals surface area contributed by atoms with Gasteiger partial charge in [-0.1, -0.05) is 52.0 Å². The van der Waals surface area contributed by atoms with Gasteiger partial charge in [0.05, 0.1) is 12.0 Å². The van der Waals surface area contributed by atoms with Crippen molar-refractivity contribution >= 4 is 29.3 Å². The Hall–Kier alpha value is -3.48. The Labute approximate surface area is 194 Å². The molecule has 33 heavy (non-hydrogen) atoms. The second-order valence-corrected chi connectivity index (χ2v) is 9.45. The van der Waals surface area contributed by atoms with Crippen LogP contribution in [0.5, 0.6) is 0 Å². The molecule has 3 N–H and O–H groups in total. The first-order valence-corrected chi connectivity index (χ1v) is 11.2. The standard InChI is InChI=1S/C26H31N3O4/c1-5-26(15-14-21(30)29-24(26)33)19-10-12-20(13-11-19)28-22(31)16-27-23(32)17-6-8-18(9-7-17)25(2,3)4/h6-13H,5,14-16H2,1-4H3,(H,27,32)(H,28,31)(H,29,30,33). The zero-order valence-corrected chi connectivity index (χ0v) is 19.6. The van der Waals surface area contributed by atoms with E-state index in [1.807, 2.05) is 19.1 Å². The minimum atomic E-state index is -0.743. The second-order valence-electron chi connectivity index (χ2n) is 9.45. The van der Waals surface area contributed by atoms with Gasteiger partial charge < -0.3 is 10.6 Å². The Morgan fingerprint density at radius 3 is 2.18 bits per heavy atom. The molecule has 4 amide bonds. The molecule has 7 nitrogen and oxygen atoms in total. The lowest BCUT2D eigenvalue weighted by molar-refractivity contribution is -0.138. The molecule has 1 saturated heterocycles. The third-order valence-corrected chi connectivity index (χ3v) is 6.21. The molecule has 0 aromatic heterocycles. The van der Waals surface area contributed by atoms with E-state index in [0.29, 0.717) is 30.5 Å². The molecule has 1 heterocycles. The molecule has 0 saturated carbocycles. The summed E-state index contributed by atoms with van der Waals surface area (Å²) in [6.07, 6.45) is 1.33. The van der Waals surface area contributed by atoms with Gasteiger partial charge in [-0.05, 0) is 53.6 Å². The largest absolute Gasteiger partial charge is 0.343 e. The Balaban J connectivity index is 1.57. The summed E-state index contributed by atoms with van der Waals surface area (Å²) < 4.78 is 0. The van der Waals surface area contributed by atoms with Crippen LogP contribution >= 0.6 is 0 Å². The number of amides is 4. The molecule has 1 aliphatic heterocycles. The molecule has 0 aliphatic carbocycles. The summed E-state index contributed by atoms with van der Waals surface area (Å²) in [5, 5.41) is 7.81. The molecular formula is C26H31N3O4. The first kappa shape index (κ1) is 24.2. The van der Waals surface area contributed by atoms with Crippen molar-refractivity contribution in [2.45, 2.75) is 57.8 Å².